The van der Waals surface area contributed by atoms with Gasteiger partial charge in [0.25, 0.3) is 11.5 Å². The molecule has 1 aromatic carbocycles. The highest BCUT2D eigenvalue weighted by Gasteiger charge is 2.36. The van der Waals surface area contributed by atoms with Crippen molar-refractivity contribution in [2.24, 2.45) is 7.05 Å². The van der Waals surface area contributed by atoms with Crippen LogP contribution in [0.2, 0.25) is 0 Å². The molecule has 0 spiro atoms. The highest BCUT2D eigenvalue weighted by molar-refractivity contribution is 6.01. The maximum atomic E-state index is 13.1. The number of amides is 1. The molecule has 7 nitrogen and oxygen atoms in total. The third-order valence-electron chi connectivity index (χ3n) is 6.06. The fraction of sp³-hybridized carbons (Fsp3) is 0.348. The standard InChI is InChI=1S/C23H24FN3O4/c1-27-17-11-15(10-14-4-6-16(24)7-5-14)12-25-19(17)20(29)18(22(27)31)21(30)26-23(13-28)8-2-3-9-23/h4-7,11-12,28-29H,2-3,8-10,13H2,1H3,(H,26,30). The Balaban J connectivity index is 1.71. The topological polar surface area (TPSA) is 104 Å². The third-order valence-corrected chi connectivity index (χ3v) is 6.06. The van der Waals surface area contributed by atoms with E-state index in [2.05, 4.69) is 10.3 Å². The molecular weight excluding hydrogens is 401 g/mol. The predicted octanol–water partition coefficient (Wildman–Crippen LogP) is 2.40. The van der Waals surface area contributed by atoms with E-state index in [1.165, 1.54) is 23.7 Å². The van der Waals surface area contributed by atoms with Crippen LogP contribution < -0.4 is 10.9 Å². The number of aromatic nitrogens is 2. The summed E-state index contributed by atoms with van der Waals surface area (Å²) in [5.74, 6) is -1.51. The number of carbonyl (C=O) groups excluding carboxylic acids is 1. The molecule has 162 valence electrons. The molecule has 1 saturated carbocycles. The molecule has 1 aliphatic rings. The number of aryl methyl sites for hydroxylation is 1. The largest absolute Gasteiger partial charge is 0.505 e. The zero-order chi connectivity index (χ0) is 22.2. The zero-order valence-electron chi connectivity index (χ0n) is 17.2. The lowest BCUT2D eigenvalue weighted by atomic mass is 9.98. The minimum absolute atomic E-state index is 0.138. The first-order valence-electron chi connectivity index (χ1n) is 10.2. The molecule has 1 fully saturated rings. The van der Waals surface area contributed by atoms with Gasteiger partial charge < -0.3 is 20.1 Å². The van der Waals surface area contributed by atoms with E-state index in [4.69, 9.17) is 0 Å². The second-order valence-electron chi connectivity index (χ2n) is 8.20. The molecule has 3 N–H and O–H groups in total. The molecule has 0 bridgehead atoms. The van der Waals surface area contributed by atoms with Crippen LogP contribution in [0.3, 0.4) is 0 Å². The van der Waals surface area contributed by atoms with Crippen molar-refractivity contribution in [3.8, 4) is 5.75 Å². The Morgan fingerprint density at radius 3 is 2.55 bits per heavy atom. The monoisotopic (exact) mass is 425 g/mol. The van der Waals surface area contributed by atoms with Crippen LogP contribution in [0.1, 0.15) is 47.2 Å². The molecule has 0 saturated heterocycles. The van der Waals surface area contributed by atoms with Crippen molar-refractivity contribution in [1.29, 1.82) is 0 Å². The van der Waals surface area contributed by atoms with Crippen LogP contribution in [-0.2, 0) is 13.5 Å². The van der Waals surface area contributed by atoms with Gasteiger partial charge in [0.15, 0.2) is 5.75 Å². The lowest BCUT2D eigenvalue weighted by Gasteiger charge is -2.28. The van der Waals surface area contributed by atoms with E-state index in [0.29, 0.717) is 24.8 Å². The van der Waals surface area contributed by atoms with E-state index >= 15 is 0 Å². The number of halogens is 1. The fourth-order valence-electron chi connectivity index (χ4n) is 4.25. The molecule has 3 aromatic rings. The van der Waals surface area contributed by atoms with Crippen LogP contribution in [0, 0.1) is 5.82 Å². The van der Waals surface area contributed by atoms with Gasteiger partial charge in [0.1, 0.15) is 16.9 Å². The number of fused-ring (bicyclic) bond motifs is 1. The number of aliphatic hydroxyl groups is 1. The maximum absolute atomic E-state index is 13.1. The van der Waals surface area contributed by atoms with Gasteiger partial charge in [-0.15, -0.1) is 0 Å². The minimum Gasteiger partial charge on any atom is -0.505 e. The summed E-state index contributed by atoms with van der Waals surface area (Å²) in [6.07, 6.45) is 5.02. The quantitative estimate of drug-likeness (QED) is 0.582. The summed E-state index contributed by atoms with van der Waals surface area (Å²) in [7, 11) is 1.52. The number of pyridine rings is 2. The molecule has 4 rings (SSSR count). The van der Waals surface area contributed by atoms with Gasteiger partial charge >= 0.3 is 0 Å². The Labute approximate surface area is 178 Å². The smallest absolute Gasteiger partial charge is 0.267 e. The molecule has 0 radical (unpaired) electrons. The Hall–Kier alpha value is -3.26. The molecule has 2 aromatic heterocycles. The van der Waals surface area contributed by atoms with Crippen molar-refractivity contribution in [1.82, 2.24) is 14.9 Å². The Bertz CT molecular complexity index is 1200. The number of hydrogen-bond donors (Lipinski definition) is 3. The van der Waals surface area contributed by atoms with Gasteiger partial charge in [0.2, 0.25) is 0 Å². The van der Waals surface area contributed by atoms with E-state index < -0.39 is 22.8 Å². The lowest BCUT2D eigenvalue weighted by molar-refractivity contribution is 0.0834. The van der Waals surface area contributed by atoms with Crippen molar-refractivity contribution in [2.45, 2.75) is 37.6 Å². The molecule has 1 amide bonds. The summed E-state index contributed by atoms with van der Waals surface area (Å²) in [6, 6.07) is 7.81. The van der Waals surface area contributed by atoms with E-state index in [1.807, 2.05) is 0 Å². The highest BCUT2D eigenvalue weighted by Crippen LogP contribution is 2.31. The van der Waals surface area contributed by atoms with Crippen molar-refractivity contribution >= 4 is 16.9 Å². The third kappa shape index (κ3) is 3.90. The van der Waals surface area contributed by atoms with E-state index in [9.17, 15) is 24.2 Å². The average Bonchev–Trinajstić information content (AvgIpc) is 3.23. The first-order chi connectivity index (χ1) is 14.8. The molecule has 2 heterocycles. The summed E-state index contributed by atoms with van der Waals surface area (Å²) < 4.78 is 14.4. The van der Waals surface area contributed by atoms with Crippen molar-refractivity contribution in [3.63, 3.8) is 0 Å². The summed E-state index contributed by atoms with van der Waals surface area (Å²) in [4.78, 5) is 30.1. The van der Waals surface area contributed by atoms with Gasteiger partial charge in [-0.25, -0.2) is 4.39 Å². The van der Waals surface area contributed by atoms with Crippen molar-refractivity contribution in [2.75, 3.05) is 6.61 Å². The Morgan fingerprint density at radius 2 is 1.90 bits per heavy atom. The van der Waals surface area contributed by atoms with E-state index in [-0.39, 0.29) is 23.5 Å². The SMILES string of the molecule is Cn1c(=O)c(C(=O)NC2(CO)CCCC2)c(O)c2ncc(Cc3ccc(F)cc3)cc21. The number of benzene rings is 1. The summed E-state index contributed by atoms with van der Waals surface area (Å²) in [5, 5.41) is 23.2. The summed E-state index contributed by atoms with van der Waals surface area (Å²) in [5.41, 5.74) is 0.379. The van der Waals surface area contributed by atoms with Gasteiger partial charge in [0.05, 0.1) is 17.7 Å². The van der Waals surface area contributed by atoms with Crippen molar-refractivity contribution < 1.29 is 19.4 Å². The average molecular weight is 425 g/mol. The molecule has 31 heavy (non-hydrogen) atoms. The van der Waals surface area contributed by atoms with Gasteiger partial charge in [-0.05, 0) is 48.6 Å². The molecule has 0 aliphatic heterocycles. The van der Waals surface area contributed by atoms with Crippen LogP contribution >= 0.6 is 0 Å². The summed E-state index contributed by atoms with van der Waals surface area (Å²) >= 11 is 0. The van der Waals surface area contributed by atoms with E-state index in [0.717, 1.165) is 24.0 Å². The first-order valence-corrected chi connectivity index (χ1v) is 10.2. The van der Waals surface area contributed by atoms with Gasteiger partial charge in [0, 0.05) is 13.2 Å². The molecular formula is C23H24FN3O4. The minimum atomic E-state index is -0.768. The van der Waals surface area contributed by atoms with Crippen LogP contribution in [0.5, 0.6) is 5.75 Å². The fourth-order valence-corrected chi connectivity index (χ4v) is 4.25. The number of aromatic hydroxyl groups is 1. The van der Waals surface area contributed by atoms with Gasteiger partial charge in [-0.3, -0.25) is 14.6 Å². The Kier molecular flexibility index (Phi) is 5.49. The highest BCUT2D eigenvalue weighted by atomic mass is 19.1. The molecule has 0 atom stereocenters. The number of nitrogens with zero attached hydrogens (tertiary/aromatic N) is 2. The molecule has 8 heteroatoms. The van der Waals surface area contributed by atoms with Crippen molar-refractivity contribution in [3.05, 3.63) is 69.4 Å². The maximum Gasteiger partial charge on any atom is 0.267 e. The first kappa shape index (κ1) is 21.0. The van der Waals surface area contributed by atoms with Crippen LogP contribution in [0.15, 0.2) is 41.3 Å². The second kappa shape index (κ2) is 8.11. The lowest BCUT2D eigenvalue weighted by Crippen LogP contribution is -2.50. The number of carbonyl (C=O) groups is 1. The molecule has 0 unspecified atom stereocenters. The summed E-state index contributed by atoms with van der Waals surface area (Å²) in [6.45, 7) is -0.224. The van der Waals surface area contributed by atoms with Crippen LogP contribution in [0.25, 0.3) is 11.0 Å². The Morgan fingerprint density at radius 1 is 1.23 bits per heavy atom. The predicted molar refractivity (Wildman–Crippen MR) is 114 cm³/mol. The van der Waals surface area contributed by atoms with Gasteiger partial charge in [-0.2, -0.15) is 0 Å². The second-order valence-corrected chi connectivity index (χ2v) is 8.20. The van der Waals surface area contributed by atoms with Gasteiger partial charge in [-0.1, -0.05) is 25.0 Å². The number of rotatable bonds is 5. The number of nitrogens with one attached hydrogen (secondary N) is 1. The number of aliphatic hydroxyl groups excluding tert-OH is 1. The van der Waals surface area contributed by atoms with Crippen LogP contribution in [-0.4, -0.2) is 37.8 Å². The molecule has 1 aliphatic carbocycles. The van der Waals surface area contributed by atoms with E-state index in [1.54, 1.807) is 24.4 Å². The normalized spacial score (nSPS) is 15.3. The zero-order valence-corrected chi connectivity index (χ0v) is 17.2. The number of hydrogen-bond acceptors (Lipinski definition) is 5. The van der Waals surface area contributed by atoms with Crippen LogP contribution in [0.4, 0.5) is 4.39 Å².